The third kappa shape index (κ3) is 2.38. The van der Waals surface area contributed by atoms with E-state index in [1.165, 1.54) is 12.3 Å². The zero-order valence-corrected chi connectivity index (χ0v) is 8.41. The Morgan fingerprint density at radius 1 is 1.19 bits per heavy atom. The van der Waals surface area contributed by atoms with Crippen molar-refractivity contribution in [3.63, 3.8) is 0 Å². The predicted molar refractivity (Wildman–Crippen MR) is 57.9 cm³/mol. The molecule has 0 unspecified atom stereocenters. The van der Waals surface area contributed by atoms with Gasteiger partial charge in [-0.3, -0.25) is 4.98 Å². The van der Waals surface area contributed by atoms with Gasteiger partial charge < -0.3 is 10.1 Å². The summed E-state index contributed by atoms with van der Waals surface area (Å²) in [6.07, 6.45) is 3.85. The lowest BCUT2D eigenvalue weighted by atomic mass is 10.1. The van der Waals surface area contributed by atoms with Crippen LogP contribution in [0.1, 0.15) is 11.3 Å². The summed E-state index contributed by atoms with van der Waals surface area (Å²) in [6, 6.07) is 8.75. The number of pyridine rings is 2. The normalized spacial score (nSPS) is 10.0. The van der Waals surface area contributed by atoms with Crippen LogP contribution in [-0.4, -0.2) is 14.9 Å². The molecule has 0 fully saturated rings. The molecule has 2 rings (SSSR count). The number of nitro groups is 1. The van der Waals surface area contributed by atoms with Gasteiger partial charge in [-0.25, -0.2) is 0 Å². The van der Waals surface area contributed by atoms with Crippen LogP contribution < -0.4 is 0 Å². The topological polar surface area (TPSA) is 68.9 Å². The Hall–Kier alpha value is -2.30. The Morgan fingerprint density at radius 2 is 2.06 bits per heavy atom. The molecular weight excluding hydrogens is 206 g/mol. The monoisotopic (exact) mass is 215 g/mol. The van der Waals surface area contributed by atoms with Crippen LogP contribution in [0.4, 0.5) is 5.82 Å². The molecule has 2 aromatic rings. The molecule has 2 aromatic heterocycles. The molecule has 0 N–H and O–H groups in total. The highest BCUT2D eigenvalue weighted by atomic mass is 16.6. The molecule has 0 amide bonds. The van der Waals surface area contributed by atoms with Gasteiger partial charge in [-0.15, -0.1) is 0 Å². The molecule has 80 valence electrons. The van der Waals surface area contributed by atoms with Crippen molar-refractivity contribution >= 4 is 5.82 Å². The van der Waals surface area contributed by atoms with Crippen LogP contribution >= 0.6 is 0 Å². The van der Waals surface area contributed by atoms with Gasteiger partial charge in [-0.2, -0.15) is 0 Å². The molecule has 0 radical (unpaired) electrons. The first kappa shape index (κ1) is 10.2. The van der Waals surface area contributed by atoms with Crippen molar-refractivity contribution in [3.8, 4) is 0 Å². The highest BCUT2D eigenvalue weighted by Gasteiger charge is 2.06. The summed E-state index contributed by atoms with van der Waals surface area (Å²) in [7, 11) is 0. The van der Waals surface area contributed by atoms with Gasteiger partial charge >= 0.3 is 5.82 Å². The minimum absolute atomic E-state index is 0.134. The minimum atomic E-state index is -0.509. The SMILES string of the molecule is O=[N+]([O-])c1ccc(Cc2ccccn2)cn1. The van der Waals surface area contributed by atoms with Gasteiger partial charge in [0.05, 0.1) is 0 Å². The van der Waals surface area contributed by atoms with E-state index in [0.717, 1.165) is 11.3 Å². The summed E-state index contributed by atoms with van der Waals surface area (Å²) < 4.78 is 0. The van der Waals surface area contributed by atoms with Gasteiger partial charge in [-0.1, -0.05) is 6.07 Å². The number of nitrogens with zero attached hydrogens (tertiary/aromatic N) is 3. The van der Waals surface area contributed by atoms with Crippen LogP contribution in [0.5, 0.6) is 0 Å². The fraction of sp³-hybridized carbons (Fsp3) is 0.0909. The summed E-state index contributed by atoms with van der Waals surface area (Å²) >= 11 is 0. The molecule has 5 nitrogen and oxygen atoms in total. The van der Waals surface area contributed by atoms with E-state index in [9.17, 15) is 10.1 Å². The van der Waals surface area contributed by atoms with Crippen molar-refractivity contribution in [1.82, 2.24) is 9.97 Å². The molecule has 2 heterocycles. The Morgan fingerprint density at radius 3 is 2.62 bits per heavy atom. The molecule has 16 heavy (non-hydrogen) atoms. The average Bonchev–Trinajstić information content (AvgIpc) is 2.31. The van der Waals surface area contributed by atoms with Crippen molar-refractivity contribution in [3.05, 3.63) is 64.1 Å². The van der Waals surface area contributed by atoms with Crippen molar-refractivity contribution < 1.29 is 4.92 Å². The summed E-state index contributed by atoms with van der Waals surface area (Å²) in [5.74, 6) is -0.134. The van der Waals surface area contributed by atoms with Crippen molar-refractivity contribution in [2.75, 3.05) is 0 Å². The van der Waals surface area contributed by atoms with Crippen molar-refractivity contribution in [2.45, 2.75) is 6.42 Å². The average molecular weight is 215 g/mol. The first-order chi connectivity index (χ1) is 7.75. The fourth-order valence-corrected chi connectivity index (χ4v) is 1.34. The quantitative estimate of drug-likeness (QED) is 0.579. The summed E-state index contributed by atoms with van der Waals surface area (Å²) in [5, 5.41) is 10.4. The Bertz CT molecular complexity index is 482. The number of rotatable bonds is 3. The molecule has 0 aliphatic heterocycles. The molecule has 0 saturated heterocycles. The lowest BCUT2D eigenvalue weighted by Crippen LogP contribution is -1.95. The number of aromatic nitrogens is 2. The second-order valence-corrected chi connectivity index (χ2v) is 3.28. The van der Waals surface area contributed by atoms with Gasteiger partial charge in [0.2, 0.25) is 0 Å². The summed E-state index contributed by atoms with van der Waals surface area (Å²) in [5.41, 5.74) is 1.82. The smallest absolute Gasteiger partial charge is 0.358 e. The minimum Gasteiger partial charge on any atom is -0.358 e. The van der Waals surface area contributed by atoms with E-state index in [0.29, 0.717) is 6.42 Å². The van der Waals surface area contributed by atoms with E-state index >= 15 is 0 Å². The van der Waals surface area contributed by atoms with Crippen LogP contribution in [0, 0.1) is 10.1 Å². The highest BCUT2D eigenvalue weighted by molar-refractivity contribution is 5.25. The molecule has 0 aliphatic carbocycles. The maximum absolute atomic E-state index is 10.4. The maximum atomic E-state index is 10.4. The molecule has 0 spiro atoms. The van der Waals surface area contributed by atoms with Gasteiger partial charge in [0.25, 0.3) is 0 Å². The Labute approximate surface area is 91.9 Å². The zero-order chi connectivity index (χ0) is 11.4. The third-order valence-corrected chi connectivity index (χ3v) is 2.11. The molecule has 0 atom stereocenters. The van der Waals surface area contributed by atoms with Gasteiger partial charge in [0.1, 0.15) is 6.20 Å². The number of hydrogen-bond acceptors (Lipinski definition) is 4. The number of hydrogen-bond donors (Lipinski definition) is 0. The highest BCUT2D eigenvalue weighted by Crippen LogP contribution is 2.10. The molecule has 5 heteroatoms. The second-order valence-electron chi connectivity index (χ2n) is 3.28. The van der Waals surface area contributed by atoms with Crippen LogP contribution in [0.3, 0.4) is 0 Å². The van der Waals surface area contributed by atoms with Gasteiger partial charge in [0.15, 0.2) is 0 Å². The van der Waals surface area contributed by atoms with Crippen LogP contribution in [0.2, 0.25) is 0 Å². The van der Waals surface area contributed by atoms with E-state index in [-0.39, 0.29) is 5.82 Å². The van der Waals surface area contributed by atoms with Gasteiger partial charge in [-0.05, 0) is 28.1 Å². The summed E-state index contributed by atoms with van der Waals surface area (Å²) in [6.45, 7) is 0. The van der Waals surface area contributed by atoms with E-state index < -0.39 is 4.92 Å². The van der Waals surface area contributed by atoms with E-state index in [2.05, 4.69) is 9.97 Å². The molecular formula is C11H9N3O2. The molecule has 0 aromatic carbocycles. The van der Waals surface area contributed by atoms with E-state index in [1.54, 1.807) is 12.3 Å². The largest absolute Gasteiger partial charge is 0.363 e. The maximum Gasteiger partial charge on any atom is 0.363 e. The Kier molecular flexibility index (Phi) is 2.86. The van der Waals surface area contributed by atoms with E-state index in [1.807, 2.05) is 18.2 Å². The standard InChI is InChI=1S/C11H9N3O2/c15-14(16)11-5-4-9(8-13-11)7-10-3-1-2-6-12-10/h1-6,8H,7H2. The first-order valence-corrected chi connectivity index (χ1v) is 4.75. The van der Waals surface area contributed by atoms with Crippen LogP contribution in [0.25, 0.3) is 0 Å². The fourth-order valence-electron chi connectivity index (χ4n) is 1.34. The second kappa shape index (κ2) is 4.48. The zero-order valence-electron chi connectivity index (χ0n) is 8.41. The lowest BCUT2D eigenvalue weighted by molar-refractivity contribution is -0.389. The molecule has 0 bridgehead atoms. The van der Waals surface area contributed by atoms with Crippen molar-refractivity contribution in [1.29, 1.82) is 0 Å². The first-order valence-electron chi connectivity index (χ1n) is 4.75. The lowest BCUT2D eigenvalue weighted by Gasteiger charge is -1.98. The van der Waals surface area contributed by atoms with Crippen LogP contribution in [0.15, 0.2) is 42.7 Å². The van der Waals surface area contributed by atoms with Crippen LogP contribution in [-0.2, 0) is 6.42 Å². The van der Waals surface area contributed by atoms with Crippen molar-refractivity contribution in [2.24, 2.45) is 0 Å². The predicted octanol–water partition coefficient (Wildman–Crippen LogP) is 1.98. The summed E-state index contributed by atoms with van der Waals surface area (Å²) in [4.78, 5) is 17.8. The third-order valence-electron chi connectivity index (χ3n) is 2.11. The van der Waals surface area contributed by atoms with Gasteiger partial charge in [0, 0.05) is 29.9 Å². The molecule has 0 aliphatic rings. The molecule has 0 saturated carbocycles. The Balaban J connectivity index is 2.14. The van der Waals surface area contributed by atoms with E-state index in [4.69, 9.17) is 0 Å².